The quantitative estimate of drug-likeness (QED) is 0.544. The molecule has 1 nitrogen and oxygen atoms in total. The molecule has 1 N–H and O–H groups in total. The van der Waals surface area contributed by atoms with E-state index in [9.17, 15) is 13.2 Å². The van der Waals surface area contributed by atoms with Gasteiger partial charge in [-0.1, -0.05) is 43.7 Å². The van der Waals surface area contributed by atoms with Crippen LogP contribution in [0.1, 0.15) is 37.3 Å². The van der Waals surface area contributed by atoms with Crippen molar-refractivity contribution in [2.24, 2.45) is 0 Å². The Morgan fingerprint density at radius 2 is 2.05 bits per heavy atom. The molecule has 0 amide bonds. The van der Waals surface area contributed by atoms with Crippen molar-refractivity contribution in [3.8, 4) is 0 Å². The number of halogens is 3. The Labute approximate surface area is 118 Å². The molecule has 0 atom stereocenters. The highest BCUT2D eigenvalue weighted by Crippen LogP contribution is 2.29. The van der Waals surface area contributed by atoms with Gasteiger partial charge in [0.05, 0.1) is 5.56 Å². The van der Waals surface area contributed by atoms with Crippen LogP contribution in [0.5, 0.6) is 0 Å². The molecular formula is C16H22F3N. The molecule has 0 spiro atoms. The molecule has 0 saturated carbocycles. The van der Waals surface area contributed by atoms with Crippen molar-refractivity contribution >= 4 is 0 Å². The van der Waals surface area contributed by atoms with Gasteiger partial charge in [0, 0.05) is 6.54 Å². The third-order valence-corrected chi connectivity index (χ3v) is 3.10. The standard InChI is InChI=1S/C16H22F3N/c1-3-4-10-20-12-13(2)8-9-14-6-5-7-15(11-14)16(17,18)19/h5-7,11,20H,2-4,8-10,12H2,1H3. The van der Waals surface area contributed by atoms with Crippen LogP contribution in [-0.2, 0) is 12.6 Å². The number of aryl methyl sites for hydroxylation is 1. The van der Waals surface area contributed by atoms with Gasteiger partial charge in [0.2, 0.25) is 0 Å². The molecule has 20 heavy (non-hydrogen) atoms. The van der Waals surface area contributed by atoms with E-state index >= 15 is 0 Å². The minimum absolute atomic E-state index is 0.582. The SMILES string of the molecule is C=C(CCc1cccc(C(F)(F)F)c1)CNCCCC. The summed E-state index contributed by atoms with van der Waals surface area (Å²) >= 11 is 0. The van der Waals surface area contributed by atoms with Crippen molar-refractivity contribution in [2.75, 3.05) is 13.1 Å². The molecule has 0 aliphatic rings. The van der Waals surface area contributed by atoms with Crippen molar-refractivity contribution in [3.05, 3.63) is 47.5 Å². The Balaban J connectivity index is 2.40. The summed E-state index contributed by atoms with van der Waals surface area (Å²) in [7, 11) is 0. The molecule has 0 unspecified atom stereocenters. The van der Waals surface area contributed by atoms with Crippen molar-refractivity contribution in [1.82, 2.24) is 5.32 Å². The van der Waals surface area contributed by atoms with Gasteiger partial charge in [-0.25, -0.2) is 0 Å². The summed E-state index contributed by atoms with van der Waals surface area (Å²) in [4.78, 5) is 0. The fourth-order valence-electron chi connectivity index (χ4n) is 1.88. The Morgan fingerprint density at radius 3 is 2.70 bits per heavy atom. The Morgan fingerprint density at radius 1 is 1.30 bits per heavy atom. The average molecular weight is 285 g/mol. The van der Waals surface area contributed by atoms with Crippen LogP contribution >= 0.6 is 0 Å². The summed E-state index contributed by atoms with van der Waals surface area (Å²) in [5.41, 5.74) is 1.15. The van der Waals surface area contributed by atoms with Crippen LogP contribution in [-0.4, -0.2) is 13.1 Å². The molecular weight excluding hydrogens is 263 g/mol. The van der Waals surface area contributed by atoms with Gasteiger partial charge in [-0.2, -0.15) is 13.2 Å². The van der Waals surface area contributed by atoms with Gasteiger partial charge in [0.15, 0.2) is 0 Å². The van der Waals surface area contributed by atoms with Crippen molar-refractivity contribution in [2.45, 2.75) is 38.8 Å². The number of nitrogens with one attached hydrogen (secondary N) is 1. The number of alkyl halides is 3. The smallest absolute Gasteiger partial charge is 0.313 e. The molecule has 0 radical (unpaired) electrons. The van der Waals surface area contributed by atoms with Gasteiger partial charge in [0.25, 0.3) is 0 Å². The Kier molecular flexibility index (Phi) is 6.79. The monoisotopic (exact) mass is 285 g/mol. The third kappa shape index (κ3) is 6.24. The van der Waals surface area contributed by atoms with E-state index in [0.717, 1.165) is 37.6 Å². The number of hydrogen-bond donors (Lipinski definition) is 1. The van der Waals surface area contributed by atoms with E-state index < -0.39 is 11.7 Å². The summed E-state index contributed by atoms with van der Waals surface area (Å²) in [5.74, 6) is 0. The predicted octanol–water partition coefficient (Wildman–Crippen LogP) is 4.58. The lowest BCUT2D eigenvalue weighted by atomic mass is 10.0. The van der Waals surface area contributed by atoms with Crippen LogP contribution in [0.15, 0.2) is 36.4 Å². The maximum absolute atomic E-state index is 12.6. The van der Waals surface area contributed by atoms with Crippen LogP contribution < -0.4 is 5.32 Å². The van der Waals surface area contributed by atoms with Gasteiger partial charge >= 0.3 is 6.18 Å². The highest BCUT2D eigenvalue weighted by Gasteiger charge is 2.30. The normalized spacial score (nSPS) is 11.6. The molecule has 1 aromatic carbocycles. The van der Waals surface area contributed by atoms with E-state index in [1.165, 1.54) is 12.1 Å². The fraction of sp³-hybridized carbons (Fsp3) is 0.500. The summed E-state index contributed by atoms with van der Waals surface area (Å²) in [6.45, 7) is 7.78. The number of benzene rings is 1. The van der Waals surface area contributed by atoms with Crippen molar-refractivity contribution < 1.29 is 13.2 Å². The minimum atomic E-state index is -4.27. The number of rotatable bonds is 8. The topological polar surface area (TPSA) is 12.0 Å². The fourth-order valence-corrected chi connectivity index (χ4v) is 1.88. The molecule has 0 heterocycles. The summed E-state index contributed by atoms with van der Waals surface area (Å²) in [6.07, 6.45) is -0.696. The second-order valence-electron chi connectivity index (χ2n) is 4.98. The van der Waals surface area contributed by atoms with Crippen LogP contribution in [0.2, 0.25) is 0 Å². The first-order valence-electron chi connectivity index (χ1n) is 6.97. The van der Waals surface area contributed by atoms with Gasteiger partial charge in [-0.3, -0.25) is 0 Å². The highest BCUT2D eigenvalue weighted by molar-refractivity contribution is 5.26. The lowest BCUT2D eigenvalue weighted by molar-refractivity contribution is -0.137. The van der Waals surface area contributed by atoms with Crippen LogP contribution in [0.3, 0.4) is 0 Å². The maximum Gasteiger partial charge on any atom is 0.416 e. The summed E-state index contributed by atoms with van der Waals surface area (Å²) in [6, 6.07) is 5.51. The summed E-state index contributed by atoms with van der Waals surface area (Å²) in [5, 5.41) is 3.28. The Hall–Kier alpha value is -1.29. The van der Waals surface area contributed by atoms with Crippen LogP contribution in [0, 0.1) is 0 Å². The number of unbranched alkanes of at least 4 members (excludes halogenated alkanes) is 1. The zero-order chi connectivity index (χ0) is 15.0. The largest absolute Gasteiger partial charge is 0.416 e. The molecule has 1 aromatic rings. The minimum Gasteiger partial charge on any atom is -0.313 e. The molecule has 0 aliphatic heterocycles. The van der Waals surface area contributed by atoms with Gasteiger partial charge in [0.1, 0.15) is 0 Å². The van der Waals surface area contributed by atoms with Gasteiger partial charge < -0.3 is 5.32 Å². The molecule has 0 aromatic heterocycles. The lowest BCUT2D eigenvalue weighted by Crippen LogP contribution is -2.18. The van der Waals surface area contributed by atoms with E-state index in [-0.39, 0.29) is 0 Å². The second kappa shape index (κ2) is 8.10. The molecule has 0 fully saturated rings. The van der Waals surface area contributed by atoms with Gasteiger partial charge in [-0.15, -0.1) is 0 Å². The molecule has 112 valence electrons. The van der Waals surface area contributed by atoms with Crippen LogP contribution in [0.4, 0.5) is 13.2 Å². The lowest BCUT2D eigenvalue weighted by Gasteiger charge is -2.10. The third-order valence-electron chi connectivity index (χ3n) is 3.10. The van der Waals surface area contributed by atoms with E-state index in [1.807, 2.05) is 0 Å². The first-order valence-corrected chi connectivity index (χ1v) is 6.97. The zero-order valence-corrected chi connectivity index (χ0v) is 11.9. The maximum atomic E-state index is 12.6. The molecule has 0 saturated heterocycles. The second-order valence-corrected chi connectivity index (χ2v) is 4.98. The first kappa shape index (κ1) is 16.8. The highest BCUT2D eigenvalue weighted by atomic mass is 19.4. The van der Waals surface area contributed by atoms with Crippen molar-refractivity contribution in [1.29, 1.82) is 0 Å². The first-order chi connectivity index (χ1) is 9.43. The number of hydrogen-bond acceptors (Lipinski definition) is 1. The predicted molar refractivity (Wildman–Crippen MR) is 76.7 cm³/mol. The van der Waals surface area contributed by atoms with Crippen molar-refractivity contribution in [3.63, 3.8) is 0 Å². The van der Waals surface area contributed by atoms with E-state index in [2.05, 4.69) is 18.8 Å². The average Bonchev–Trinajstić information content (AvgIpc) is 2.41. The van der Waals surface area contributed by atoms with E-state index in [1.54, 1.807) is 6.07 Å². The molecule has 1 rings (SSSR count). The van der Waals surface area contributed by atoms with E-state index in [0.29, 0.717) is 18.4 Å². The zero-order valence-electron chi connectivity index (χ0n) is 11.9. The Bertz CT molecular complexity index is 424. The molecule has 4 heteroatoms. The van der Waals surface area contributed by atoms with E-state index in [4.69, 9.17) is 0 Å². The molecule has 0 bridgehead atoms. The molecule has 0 aliphatic carbocycles. The summed E-state index contributed by atoms with van der Waals surface area (Å²) < 4.78 is 37.7. The van der Waals surface area contributed by atoms with Gasteiger partial charge in [-0.05, 0) is 37.4 Å². The van der Waals surface area contributed by atoms with Crippen LogP contribution in [0.25, 0.3) is 0 Å².